The first kappa shape index (κ1) is 26.1. The van der Waals surface area contributed by atoms with Crippen LogP contribution in [-0.2, 0) is 9.53 Å². The van der Waals surface area contributed by atoms with E-state index in [-0.39, 0.29) is 5.56 Å². The molecule has 1 N–H and O–H groups in total. The zero-order chi connectivity index (χ0) is 27.4. The van der Waals surface area contributed by atoms with Crippen LogP contribution in [0.3, 0.4) is 0 Å². The van der Waals surface area contributed by atoms with Crippen molar-refractivity contribution in [2.75, 3.05) is 5.32 Å². The largest absolute Gasteiger partial charge is 0.449 e. The van der Waals surface area contributed by atoms with Crippen LogP contribution in [0.5, 0.6) is 0 Å². The lowest BCUT2D eigenvalue weighted by molar-refractivity contribution is -0.124. The summed E-state index contributed by atoms with van der Waals surface area (Å²) >= 11 is 6.17. The lowest BCUT2D eigenvalue weighted by atomic mass is 10.0. The summed E-state index contributed by atoms with van der Waals surface area (Å²) in [5, 5.41) is 3.31. The van der Waals surface area contributed by atoms with Crippen molar-refractivity contribution in [1.82, 2.24) is 9.97 Å². The van der Waals surface area contributed by atoms with Crippen LogP contribution in [-0.4, -0.2) is 27.9 Å². The fraction of sp³-hybridized carbons (Fsp3) is 0.125. The van der Waals surface area contributed by atoms with Crippen LogP contribution >= 0.6 is 11.6 Å². The van der Waals surface area contributed by atoms with Crippen molar-refractivity contribution in [2.24, 2.45) is 0 Å². The van der Waals surface area contributed by atoms with Gasteiger partial charge in [0.05, 0.1) is 28.0 Å². The molecule has 1 aromatic heterocycles. The summed E-state index contributed by atoms with van der Waals surface area (Å²) in [4.78, 5) is 35.7. The van der Waals surface area contributed by atoms with Crippen LogP contribution in [0.2, 0.25) is 5.02 Å². The second-order valence-corrected chi connectivity index (χ2v) is 9.52. The van der Waals surface area contributed by atoms with Gasteiger partial charge in [-0.1, -0.05) is 85.3 Å². The highest BCUT2D eigenvalue weighted by atomic mass is 35.5. The number of benzene rings is 4. The molecule has 1 amide bonds. The molecular weight excluding hydrogens is 510 g/mol. The number of aryl methyl sites for hydroxylation is 1. The molecule has 1 atom stereocenters. The number of rotatable bonds is 7. The van der Waals surface area contributed by atoms with Gasteiger partial charge in [-0.05, 0) is 49.2 Å². The van der Waals surface area contributed by atoms with Gasteiger partial charge in [0.1, 0.15) is 0 Å². The normalized spacial score (nSPS) is 11.7. The van der Waals surface area contributed by atoms with E-state index in [1.54, 1.807) is 37.3 Å². The van der Waals surface area contributed by atoms with Crippen LogP contribution in [0.1, 0.15) is 29.3 Å². The molecule has 0 fully saturated rings. The number of carbonyl (C=O) groups excluding carboxylic acids is 2. The van der Waals surface area contributed by atoms with E-state index in [9.17, 15) is 9.59 Å². The second-order valence-electron chi connectivity index (χ2n) is 9.11. The SMILES string of the molecule is CCC(OC(=O)c1ccc2nc(-c3ccccc3)c(-c3ccccc3)nc2c1)C(=O)Nc1ccc(C)c(Cl)c1. The number of fused-ring (bicyclic) bond motifs is 1. The maximum absolute atomic E-state index is 13.1. The van der Waals surface area contributed by atoms with Crippen molar-refractivity contribution in [3.8, 4) is 22.5 Å². The number of anilines is 1. The van der Waals surface area contributed by atoms with Crippen molar-refractivity contribution in [3.05, 3.63) is 113 Å². The lowest BCUT2D eigenvalue weighted by Crippen LogP contribution is -2.32. The monoisotopic (exact) mass is 535 g/mol. The van der Waals surface area contributed by atoms with E-state index in [1.165, 1.54) is 0 Å². The smallest absolute Gasteiger partial charge is 0.338 e. The first-order valence-corrected chi connectivity index (χ1v) is 13.0. The van der Waals surface area contributed by atoms with E-state index in [2.05, 4.69) is 5.32 Å². The van der Waals surface area contributed by atoms with Crippen molar-refractivity contribution in [3.63, 3.8) is 0 Å². The number of hydrogen-bond acceptors (Lipinski definition) is 5. The summed E-state index contributed by atoms with van der Waals surface area (Å²) in [6.45, 7) is 3.66. The van der Waals surface area contributed by atoms with Gasteiger partial charge in [0.15, 0.2) is 6.10 Å². The Hall–Kier alpha value is -4.55. The predicted molar refractivity (Wildman–Crippen MR) is 155 cm³/mol. The highest BCUT2D eigenvalue weighted by Crippen LogP contribution is 2.31. The standard InChI is InChI=1S/C32H26ClN3O3/c1-3-28(31(37)34-24-16-14-20(2)25(33)19-24)39-32(38)23-15-17-26-27(18-23)36-30(22-12-8-5-9-13-22)29(35-26)21-10-6-4-7-11-21/h4-19,28H,3H2,1-2H3,(H,34,37). The Labute approximate surface area is 231 Å². The number of nitrogens with zero attached hydrogens (tertiary/aromatic N) is 2. The van der Waals surface area contributed by atoms with Gasteiger partial charge >= 0.3 is 5.97 Å². The molecule has 6 nitrogen and oxygen atoms in total. The van der Waals surface area contributed by atoms with Crippen molar-refractivity contribution >= 4 is 40.2 Å². The fourth-order valence-electron chi connectivity index (χ4n) is 4.19. The number of aromatic nitrogens is 2. The first-order chi connectivity index (χ1) is 18.9. The van der Waals surface area contributed by atoms with Crippen molar-refractivity contribution < 1.29 is 14.3 Å². The molecule has 5 aromatic rings. The predicted octanol–water partition coefficient (Wildman–Crippen LogP) is 7.50. The van der Waals surface area contributed by atoms with Gasteiger partial charge in [-0.15, -0.1) is 0 Å². The minimum atomic E-state index is -0.973. The molecule has 0 aliphatic rings. The van der Waals surface area contributed by atoms with E-state index in [0.29, 0.717) is 33.9 Å². The Morgan fingerprint density at radius 2 is 1.44 bits per heavy atom. The highest BCUT2D eigenvalue weighted by Gasteiger charge is 2.23. The van der Waals surface area contributed by atoms with Gasteiger partial charge in [-0.25, -0.2) is 14.8 Å². The Balaban J connectivity index is 1.43. The van der Waals surface area contributed by atoms with Gasteiger partial charge in [0.25, 0.3) is 5.91 Å². The van der Waals surface area contributed by atoms with E-state index in [0.717, 1.165) is 22.4 Å². The molecule has 5 rings (SSSR count). The van der Waals surface area contributed by atoms with Crippen LogP contribution in [0, 0.1) is 6.92 Å². The minimum Gasteiger partial charge on any atom is -0.449 e. The maximum Gasteiger partial charge on any atom is 0.338 e. The molecule has 0 spiro atoms. The molecule has 0 saturated carbocycles. The summed E-state index contributed by atoms with van der Waals surface area (Å²) in [5.41, 5.74) is 6.24. The van der Waals surface area contributed by atoms with Gasteiger partial charge in [0, 0.05) is 21.8 Å². The Morgan fingerprint density at radius 3 is 2.03 bits per heavy atom. The summed E-state index contributed by atoms with van der Waals surface area (Å²) in [7, 11) is 0. The van der Waals surface area contributed by atoms with Crippen LogP contribution in [0.15, 0.2) is 97.1 Å². The third-order valence-corrected chi connectivity index (χ3v) is 6.75. The second kappa shape index (κ2) is 11.5. The third kappa shape index (κ3) is 5.81. The molecule has 1 unspecified atom stereocenters. The summed E-state index contributed by atoms with van der Waals surface area (Å²) in [6.07, 6.45) is -0.664. The minimum absolute atomic E-state index is 0.285. The molecule has 0 saturated heterocycles. The maximum atomic E-state index is 13.1. The number of carbonyl (C=O) groups is 2. The van der Waals surface area contributed by atoms with Crippen molar-refractivity contribution in [2.45, 2.75) is 26.4 Å². The Morgan fingerprint density at radius 1 is 0.821 bits per heavy atom. The number of hydrogen-bond donors (Lipinski definition) is 1. The molecule has 1 heterocycles. The zero-order valence-corrected chi connectivity index (χ0v) is 22.3. The summed E-state index contributed by atoms with van der Waals surface area (Å²) in [5.74, 6) is -1.04. The summed E-state index contributed by atoms with van der Waals surface area (Å²) < 4.78 is 5.60. The average molecular weight is 536 g/mol. The Kier molecular flexibility index (Phi) is 7.66. The van der Waals surface area contributed by atoms with Crippen LogP contribution in [0.25, 0.3) is 33.5 Å². The van der Waals surface area contributed by atoms with Gasteiger partial charge in [-0.2, -0.15) is 0 Å². The number of ether oxygens (including phenoxy) is 1. The van der Waals surface area contributed by atoms with E-state index >= 15 is 0 Å². The van der Waals surface area contributed by atoms with E-state index in [1.807, 2.05) is 73.7 Å². The van der Waals surface area contributed by atoms with Gasteiger partial charge in [0.2, 0.25) is 0 Å². The van der Waals surface area contributed by atoms with Gasteiger partial charge < -0.3 is 10.1 Å². The summed E-state index contributed by atoms with van der Waals surface area (Å²) in [6, 6.07) is 29.9. The third-order valence-electron chi connectivity index (χ3n) is 6.35. The van der Waals surface area contributed by atoms with E-state index in [4.69, 9.17) is 26.3 Å². The molecule has 0 aliphatic heterocycles. The van der Waals surface area contributed by atoms with E-state index < -0.39 is 18.0 Å². The number of amides is 1. The topological polar surface area (TPSA) is 81.2 Å². The van der Waals surface area contributed by atoms with Crippen LogP contribution in [0.4, 0.5) is 5.69 Å². The zero-order valence-electron chi connectivity index (χ0n) is 21.5. The molecule has 4 aromatic carbocycles. The number of esters is 1. The molecule has 0 bridgehead atoms. The first-order valence-electron chi connectivity index (χ1n) is 12.6. The lowest BCUT2D eigenvalue weighted by Gasteiger charge is -2.17. The Bertz CT molecular complexity index is 1660. The number of nitrogens with one attached hydrogen (secondary N) is 1. The highest BCUT2D eigenvalue weighted by molar-refractivity contribution is 6.31. The number of halogens is 1. The van der Waals surface area contributed by atoms with Crippen LogP contribution < -0.4 is 5.32 Å². The molecular formula is C32H26ClN3O3. The fourth-order valence-corrected chi connectivity index (χ4v) is 4.37. The quantitative estimate of drug-likeness (QED) is 0.218. The van der Waals surface area contributed by atoms with Crippen molar-refractivity contribution in [1.29, 1.82) is 0 Å². The molecule has 194 valence electrons. The average Bonchev–Trinajstić information content (AvgIpc) is 2.97. The van der Waals surface area contributed by atoms with Gasteiger partial charge in [-0.3, -0.25) is 4.79 Å². The molecule has 7 heteroatoms. The molecule has 0 aliphatic carbocycles. The molecule has 39 heavy (non-hydrogen) atoms. The molecule has 0 radical (unpaired) electrons.